The number of aromatic amines is 1. The zero-order valence-corrected chi connectivity index (χ0v) is 12.6. The first-order valence-corrected chi connectivity index (χ1v) is 7.20. The zero-order chi connectivity index (χ0) is 15.2. The van der Waals surface area contributed by atoms with E-state index in [-0.39, 0.29) is 5.41 Å². The van der Waals surface area contributed by atoms with E-state index in [1.165, 1.54) is 10.5 Å². The van der Waals surface area contributed by atoms with Crippen molar-refractivity contribution in [1.82, 2.24) is 4.98 Å². The molecule has 2 N–H and O–H groups in total. The molecule has 0 saturated heterocycles. The van der Waals surface area contributed by atoms with Crippen LogP contribution in [-0.4, -0.2) is 22.7 Å². The van der Waals surface area contributed by atoms with Gasteiger partial charge in [-0.3, -0.25) is 4.90 Å². The standard InChI is InChI=1S/C17H20N2O2/c1-17(2,3)14-10-13-15(18-14)12-7-5-4-6-11(12)8-9-19(13)16(20)21/h4-7,10,18H,8-9H2,1-3H3,(H,20,21). The Morgan fingerprint density at radius 1 is 1.29 bits per heavy atom. The van der Waals surface area contributed by atoms with Gasteiger partial charge in [0.15, 0.2) is 0 Å². The molecule has 2 heterocycles. The Labute approximate surface area is 124 Å². The lowest BCUT2D eigenvalue weighted by Crippen LogP contribution is -2.30. The highest BCUT2D eigenvalue weighted by molar-refractivity contribution is 5.93. The number of benzene rings is 1. The number of amides is 1. The average molecular weight is 284 g/mol. The summed E-state index contributed by atoms with van der Waals surface area (Å²) in [5, 5.41) is 9.51. The van der Waals surface area contributed by atoms with Crippen molar-refractivity contribution < 1.29 is 9.90 Å². The molecule has 0 saturated carbocycles. The number of H-pyrrole nitrogens is 1. The Kier molecular flexibility index (Phi) is 3.04. The lowest BCUT2D eigenvalue weighted by molar-refractivity contribution is 0.202. The topological polar surface area (TPSA) is 56.3 Å². The molecule has 1 amide bonds. The van der Waals surface area contributed by atoms with E-state index in [1.807, 2.05) is 18.2 Å². The zero-order valence-electron chi connectivity index (χ0n) is 12.6. The Morgan fingerprint density at radius 3 is 2.67 bits per heavy atom. The predicted molar refractivity (Wildman–Crippen MR) is 84.0 cm³/mol. The summed E-state index contributed by atoms with van der Waals surface area (Å²) in [4.78, 5) is 16.5. The van der Waals surface area contributed by atoms with Crippen LogP contribution in [0.1, 0.15) is 32.0 Å². The van der Waals surface area contributed by atoms with Crippen LogP contribution < -0.4 is 4.90 Å². The number of carbonyl (C=O) groups is 1. The molecule has 1 aliphatic rings. The number of fused-ring (bicyclic) bond motifs is 3. The highest BCUT2D eigenvalue weighted by atomic mass is 16.4. The summed E-state index contributed by atoms with van der Waals surface area (Å²) < 4.78 is 0. The smallest absolute Gasteiger partial charge is 0.411 e. The van der Waals surface area contributed by atoms with Gasteiger partial charge in [0, 0.05) is 23.2 Å². The summed E-state index contributed by atoms with van der Waals surface area (Å²) in [6, 6.07) is 10.1. The third-order valence-corrected chi connectivity index (χ3v) is 4.02. The molecule has 0 bridgehead atoms. The molecule has 0 fully saturated rings. The van der Waals surface area contributed by atoms with E-state index in [0.29, 0.717) is 6.54 Å². The van der Waals surface area contributed by atoms with Crippen molar-refractivity contribution in [3.63, 3.8) is 0 Å². The molecular weight excluding hydrogens is 264 g/mol. The third-order valence-electron chi connectivity index (χ3n) is 4.02. The largest absolute Gasteiger partial charge is 0.465 e. The SMILES string of the molecule is CC(C)(C)c1cc2c([nH]1)-c1ccccc1CCN2C(=O)O. The Balaban J connectivity index is 2.24. The highest BCUT2D eigenvalue weighted by Crippen LogP contribution is 2.39. The monoisotopic (exact) mass is 284 g/mol. The molecule has 3 rings (SSSR count). The van der Waals surface area contributed by atoms with Gasteiger partial charge in [-0.05, 0) is 18.1 Å². The average Bonchev–Trinajstić information content (AvgIpc) is 2.78. The molecular formula is C17H20N2O2. The summed E-state index contributed by atoms with van der Waals surface area (Å²) in [5.74, 6) is 0. The van der Waals surface area contributed by atoms with Gasteiger partial charge in [-0.2, -0.15) is 0 Å². The number of anilines is 1. The maximum Gasteiger partial charge on any atom is 0.411 e. The van der Waals surface area contributed by atoms with Crippen LogP contribution in [0, 0.1) is 0 Å². The minimum absolute atomic E-state index is 0.0503. The van der Waals surface area contributed by atoms with Gasteiger partial charge >= 0.3 is 6.09 Å². The first-order valence-electron chi connectivity index (χ1n) is 7.20. The van der Waals surface area contributed by atoms with Gasteiger partial charge in [0.1, 0.15) is 0 Å². The lowest BCUT2D eigenvalue weighted by atomic mass is 9.92. The summed E-state index contributed by atoms with van der Waals surface area (Å²) in [6.45, 7) is 6.85. The van der Waals surface area contributed by atoms with Crippen molar-refractivity contribution in [3.8, 4) is 11.3 Å². The minimum atomic E-state index is -0.900. The van der Waals surface area contributed by atoms with Gasteiger partial charge in [0.25, 0.3) is 0 Å². The Bertz CT molecular complexity index is 695. The van der Waals surface area contributed by atoms with Gasteiger partial charge in [0.2, 0.25) is 0 Å². The molecule has 1 aromatic carbocycles. The van der Waals surface area contributed by atoms with Crippen LogP contribution in [0.5, 0.6) is 0 Å². The minimum Gasteiger partial charge on any atom is -0.465 e. The number of nitrogens with zero attached hydrogens (tertiary/aromatic N) is 1. The number of hydrogen-bond acceptors (Lipinski definition) is 1. The van der Waals surface area contributed by atoms with E-state index in [4.69, 9.17) is 0 Å². The fourth-order valence-corrected chi connectivity index (χ4v) is 2.80. The molecule has 4 heteroatoms. The molecule has 0 aliphatic carbocycles. The van der Waals surface area contributed by atoms with Crippen LogP contribution in [0.4, 0.5) is 10.5 Å². The second-order valence-electron chi connectivity index (χ2n) is 6.53. The van der Waals surface area contributed by atoms with E-state index in [9.17, 15) is 9.90 Å². The molecule has 2 aromatic rings. The van der Waals surface area contributed by atoms with Gasteiger partial charge in [0.05, 0.1) is 11.4 Å². The van der Waals surface area contributed by atoms with Crippen molar-refractivity contribution in [2.24, 2.45) is 0 Å². The molecule has 4 nitrogen and oxygen atoms in total. The number of carboxylic acid groups (broad SMARTS) is 1. The van der Waals surface area contributed by atoms with E-state index in [1.54, 1.807) is 0 Å². The number of rotatable bonds is 0. The van der Waals surface area contributed by atoms with Crippen molar-refractivity contribution >= 4 is 11.8 Å². The highest BCUT2D eigenvalue weighted by Gasteiger charge is 2.28. The van der Waals surface area contributed by atoms with E-state index >= 15 is 0 Å². The molecule has 21 heavy (non-hydrogen) atoms. The van der Waals surface area contributed by atoms with Crippen LogP contribution >= 0.6 is 0 Å². The molecule has 0 atom stereocenters. The molecule has 1 aliphatic heterocycles. The van der Waals surface area contributed by atoms with Crippen molar-refractivity contribution in [2.45, 2.75) is 32.6 Å². The number of nitrogens with one attached hydrogen (secondary N) is 1. The number of hydrogen-bond donors (Lipinski definition) is 2. The maximum absolute atomic E-state index is 11.6. The van der Waals surface area contributed by atoms with Gasteiger partial charge in [-0.15, -0.1) is 0 Å². The molecule has 0 unspecified atom stereocenters. The Morgan fingerprint density at radius 2 is 2.00 bits per heavy atom. The fraction of sp³-hybridized carbons (Fsp3) is 0.353. The van der Waals surface area contributed by atoms with Crippen molar-refractivity contribution in [3.05, 3.63) is 41.6 Å². The van der Waals surface area contributed by atoms with Crippen LogP contribution in [0.2, 0.25) is 0 Å². The van der Waals surface area contributed by atoms with Crippen LogP contribution in [-0.2, 0) is 11.8 Å². The summed E-state index contributed by atoms with van der Waals surface area (Å²) in [6.07, 6.45) is -0.168. The molecule has 1 aromatic heterocycles. The van der Waals surface area contributed by atoms with Crippen molar-refractivity contribution in [1.29, 1.82) is 0 Å². The number of aromatic nitrogens is 1. The molecule has 110 valence electrons. The van der Waals surface area contributed by atoms with Gasteiger partial charge in [-0.1, -0.05) is 45.0 Å². The normalized spacial score (nSPS) is 14.3. The first kappa shape index (κ1) is 13.7. The van der Waals surface area contributed by atoms with Crippen molar-refractivity contribution in [2.75, 3.05) is 11.4 Å². The lowest BCUT2D eigenvalue weighted by Gasteiger charge is -2.18. The molecule has 0 radical (unpaired) electrons. The van der Waals surface area contributed by atoms with Crippen LogP contribution in [0.25, 0.3) is 11.3 Å². The fourth-order valence-electron chi connectivity index (χ4n) is 2.80. The van der Waals surface area contributed by atoms with Gasteiger partial charge in [-0.25, -0.2) is 4.79 Å². The molecule has 0 spiro atoms. The third kappa shape index (κ3) is 2.31. The first-order chi connectivity index (χ1) is 9.88. The summed E-state index contributed by atoms with van der Waals surface area (Å²) in [7, 11) is 0. The van der Waals surface area contributed by atoms with E-state index in [2.05, 4.69) is 37.9 Å². The second-order valence-corrected chi connectivity index (χ2v) is 6.53. The Hall–Kier alpha value is -2.23. The van der Waals surface area contributed by atoms with Gasteiger partial charge < -0.3 is 10.1 Å². The summed E-state index contributed by atoms with van der Waals surface area (Å²) >= 11 is 0. The quantitative estimate of drug-likeness (QED) is 0.767. The second kappa shape index (κ2) is 4.65. The van der Waals surface area contributed by atoms with E-state index in [0.717, 1.165) is 29.1 Å². The van der Waals surface area contributed by atoms with Crippen LogP contribution in [0.3, 0.4) is 0 Å². The maximum atomic E-state index is 11.6. The van der Waals surface area contributed by atoms with Crippen LogP contribution in [0.15, 0.2) is 30.3 Å². The predicted octanol–water partition coefficient (Wildman–Crippen LogP) is 4.02. The summed E-state index contributed by atoms with van der Waals surface area (Å²) in [5.41, 5.74) is 4.96. The van der Waals surface area contributed by atoms with E-state index < -0.39 is 6.09 Å².